The number of hydrogen-bond donors (Lipinski definition) is 1. The van der Waals surface area contributed by atoms with Crippen LogP contribution >= 0.6 is 0 Å². The van der Waals surface area contributed by atoms with Gasteiger partial charge in [0, 0.05) is 26.2 Å². The van der Waals surface area contributed by atoms with E-state index in [2.05, 4.69) is 22.3 Å². The van der Waals surface area contributed by atoms with Crippen molar-refractivity contribution in [2.24, 2.45) is 0 Å². The highest BCUT2D eigenvalue weighted by Gasteiger charge is 2.15. The topological polar surface area (TPSA) is 50.8 Å². The number of amides is 1. The molecule has 2 aromatic rings. The molecule has 0 saturated carbocycles. The van der Waals surface area contributed by atoms with Crippen LogP contribution in [0.15, 0.2) is 48.5 Å². The number of carbonyl (C=O) groups excluding carboxylic acids is 1. The zero-order valence-corrected chi connectivity index (χ0v) is 16.1. The average molecular weight is 368 g/mol. The van der Waals surface area contributed by atoms with Gasteiger partial charge in [0.1, 0.15) is 5.75 Å². The Bertz CT molecular complexity index is 757. The third-order valence-electron chi connectivity index (χ3n) is 4.73. The van der Waals surface area contributed by atoms with E-state index in [-0.39, 0.29) is 5.91 Å². The van der Waals surface area contributed by atoms with Gasteiger partial charge in [0.05, 0.1) is 13.2 Å². The van der Waals surface area contributed by atoms with Crippen LogP contribution in [0.4, 0.5) is 0 Å². The van der Waals surface area contributed by atoms with Gasteiger partial charge in [0.25, 0.3) is 5.91 Å². The van der Waals surface area contributed by atoms with Crippen molar-refractivity contribution in [1.29, 1.82) is 0 Å². The number of nitrogens with one attached hydrogen (secondary N) is 1. The Morgan fingerprint density at radius 1 is 1.15 bits per heavy atom. The molecule has 0 spiro atoms. The number of morpholine rings is 1. The van der Waals surface area contributed by atoms with Gasteiger partial charge in [-0.05, 0) is 36.6 Å². The van der Waals surface area contributed by atoms with E-state index in [1.807, 2.05) is 43.3 Å². The highest BCUT2D eigenvalue weighted by Crippen LogP contribution is 2.18. The smallest absolute Gasteiger partial charge is 0.261 e. The van der Waals surface area contributed by atoms with Gasteiger partial charge in [-0.1, -0.05) is 42.5 Å². The number of hydrogen-bond acceptors (Lipinski definition) is 4. The summed E-state index contributed by atoms with van der Waals surface area (Å²) in [6, 6.07) is 16.1. The predicted molar refractivity (Wildman–Crippen MR) is 106 cm³/mol. The van der Waals surface area contributed by atoms with E-state index in [0.29, 0.717) is 6.54 Å². The van der Waals surface area contributed by atoms with Crippen molar-refractivity contribution < 1.29 is 14.3 Å². The lowest BCUT2D eigenvalue weighted by Gasteiger charge is -2.26. The van der Waals surface area contributed by atoms with E-state index < -0.39 is 6.10 Å². The quantitative estimate of drug-likeness (QED) is 0.816. The first kappa shape index (κ1) is 19.4. The summed E-state index contributed by atoms with van der Waals surface area (Å²) in [5.74, 6) is 0.629. The molecular weight excluding hydrogens is 340 g/mol. The van der Waals surface area contributed by atoms with Crippen LogP contribution < -0.4 is 10.1 Å². The third kappa shape index (κ3) is 5.81. The number of aryl methyl sites for hydroxylation is 1. The molecule has 0 aliphatic carbocycles. The van der Waals surface area contributed by atoms with Gasteiger partial charge < -0.3 is 14.8 Å². The maximum absolute atomic E-state index is 12.4. The second-order valence-electron chi connectivity index (χ2n) is 6.95. The summed E-state index contributed by atoms with van der Waals surface area (Å²) in [5, 5.41) is 2.97. The summed E-state index contributed by atoms with van der Waals surface area (Å²) in [5.41, 5.74) is 3.37. The van der Waals surface area contributed by atoms with Gasteiger partial charge in [-0.2, -0.15) is 0 Å². The highest BCUT2D eigenvalue weighted by molar-refractivity contribution is 5.80. The van der Waals surface area contributed by atoms with Crippen LogP contribution in [0.3, 0.4) is 0 Å². The van der Waals surface area contributed by atoms with E-state index in [1.165, 1.54) is 5.56 Å². The Labute approximate surface area is 161 Å². The highest BCUT2D eigenvalue weighted by atomic mass is 16.5. The van der Waals surface area contributed by atoms with E-state index in [9.17, 15) is 4.79 Å². The second-order valence-corrected chi connectivity index (χ2v) is 6.95. The second kappa shape index (κ2) is 9.53. The molecule has 1 atom stereocenters. The Morgan fingerprint density at radius 3 is 2.67 bits per heavy atom. The predicted octanol–water partition coefficient (Wildman–Crippen LogP) is 2.91. The van der Waals surface area contributed by atoms with Crippen LogP contribution in [0, 0.1) is 6.92 Å². The first-order valence-electron chi connectivity index (χ1n) is 9.50. The van der Waals surface area contributed by atoms with Gasteiger partial charge in [-0.3, -0.25) is 9.69 Å². The lowest BCUT2D eigenvalue weighted by Crippen LogP contribution is -2.36. The van der Waals surface area contributed by atoms with E-state index in [4.69, 9.17) is 9.47 Å². The number of nitrogens with zero attached hydrogens (tertiary/aromatic N) is 1. The van der Waals surface area contributed by atoms with Crippen LogP contribution in [0.5, 0.6) is 5.75 Å². The van der Waals surface area contributed by atoms with Crippen molar-refractivity contribution in [3.63, 3.8) is 0 Å². The molecule has 144 valence electrons. The summed E-state index contributed by atoms with van der Waals surface area (Å²) < 4.78 is 11.2. The molecule has 1 amide bonds. The van der Waals surface area contributed by atoms with E-state index in [1.54, 1.807) is 6.92 Å². The molecule has 1 N–H and O–H groups in total. The van der Waals surface area contributed by atoms with Gasteiger partial charge in [0.15, 0.2) is 6.10 Å². The molecular formula is C22H28N2O3. The van der Waals surface area contributed by atoms with Crippen molar-refractivity contribution in [1.82, 2.24) is 10.2 Å². The fraction of sp³-hybridized carbons (Fsp3) is 0.409. The van der Waals surface area contributed by atoms with Crippen LogP contribution in [0.2, 0.25) is 0 Å². The van der Waals surface area contributed by atoms with Crippen LogP contribution in [0.1, 0.15) is 23.6 Å². The fourth-order valence-electron chi connectivity index (χ4n) is 3.12. The van der Waals surface area contributed by atoms with Gasteiger partial charge >= 0.3 is 0 Å². The van der Waals surface area contributed by atoms with E-state index >= 15 is 0 Å². The normalized spacial score (nSPS) is 15.9. The first-order valence-corrected chi connectivity index (χ1v) is 9.50. The Hall–Kier alpha value is -2.37. The number of carbonyl (C=O) groups is 1. The van der Waals surface area contributed by atoms with Crippen molar-refractivity contribution in [2.45, 2.75) is 33.0 Å². The number of para-hydroxylation sites is 1. The molecule has 0 bridgehead atoms. The largest absolute Gasteiger partial charge is 0.481 e. The minimum absolute atomic E-state index is 0.114. The van der Waals surface area contributed by atoms with Crippen molar-refractivity contribution in [3.8, 4) is 5.75 Å². The van der Waals surface area contributed by atoms with Crippen molar-refractivity contribution in [3.05, 3.63) is 65.2 Å². The van der Waals surface area contributed by atoms with Crippen molar-refractivity contribution >= 4 is 5.91 Å². The maximum Gasteiger partial charge on any atom is 0.261 e. The van der Waals surface area contributed by atoms with E-state index in [0.717, 1.165) is 49.7 Å². The fourth-order valence-corrected chi connectivity index (χ4v) is 3.12. The molecule has 1 fully saturated rings. The monoisotopic (exact) mass is 368 g/mol. The van der Waals surface area contributed by atoms with Gasteiger partial charge in [-0.15, -0.1) is 0 Å². The van der Waals surface area contributed by atoms with Crippen LogP contribution in [-0.4, -0.2) is 43.2 Å². The molecule has 5 heteroatoms. The molecule has 0 radical (unpaired) electrons. The zero-order chi connectivity index (χ0) is 19.1. The maximum atomic E-state index is 12.4. The molecule has 0 unspecified atom stereocenters. The molecule has 27 heavy (non-hydrogen) atoms. The van der Waals surface area contributed by atoms with Crippen molar-refractivity contribution in [2.75, 3.05) is 26.3 Å². The molecule has 1 heterocycles. The summed E-state index contributed by atoms with van der Waals surface area (Å²) in [6.07, 6.45) is -0.539. The van der Waals surface area contributed by atoms with Crippen LogP contribution in [-0.2, 0) is 22.6 Å². The Morgan fingerprint density at radius 2 is 1.89 bits per heavy atom. The summed E-state index contributed by atoms with van der Waals surface area (Å²) >= 11 is 0. The lowest BCUT2D eigenvalue weighted by molar-refractivity contribution is -0.127. The number of rotatable bonds is 7. The number of benzene rings is 2. The summed E-state index contributed by atoms with van der Waals surface area (Å²) in [4.78, 5) is 14.8. The summed E-state index contributed by atoms with van der Waals surface area (Å²) in [7, 11) is 0. The Balaban J connectivity index is 1.50. The minimum atomic E-state index is -0.539. The first-order chi connectivity index (χ1) is 13.1. The molecule has 1 aliphatic heterocycles. The molecule has 5 nitrogen and oxygen atoms in total. The molecule has 1 aliphatic rings. The third-order valence-corrected chi connectivity index (χ3v) is 4.73. The van der Waals surface area contributed by atoms with Gasteiger partial charge in [0.2, 0.25) is 0 Å². The molecule has 0 aromatic heterocycles. The SMILES string of the molecule is Cc1ccccc1O[C@@H](C)C(=O)NCc1cccc(CN2CCOCC2)c1. The minimum Gasteiger partial charge on any atom is -0.481 e. The average Bonchev–Trinajstić information content (AvgIpc) is 2.69. The molecule has 1 saturated heterocycles. The van der Waals surface area contributed by atoms with Gasteiger partial charge in [-0.25, -0.2) is 0 Å². The molecule has 3 rings (SSSR count). The Kier molecular flexibility index (Phi) is 6.85. The zero-order valence-electron chi connectivity index (χ0n) is 16.1. The summed E-state index contributed by atoms with van der Waals surface area (Å²) in [6.45, 7) is 8.69. The molecule has 2 aromatic carbocycles. The standard InChI is InChI=1S/C22H28N2O3/c1-17-6-3-4-9-21(17)27-18(2)22(25)23-15-19-7-5-8-20(14-19)16-24-10-12-26-13-11-24/h3-9,14,18H,10-13,15-16H2,1-2H3,(H,23,25)/t18-/m0/s1. The van der Waals surface area contributed by atoms with Crippen LogP contribution in [0.25, 0.3) is 0 Å². The number of ether oxygens (including phenoxy) is 2. The lowest BCUT2D eigenvalue weighted by atomic mass is 10.1.